The summed E-state index contributed by atoms with van der Waals surface area (Å²) < 4.78 is 29.2. The van der Waals surface area contributed by atoms with Crippen LogP contribution < -0.4 is 4.90 Å². The van der Waals surface area contributed by atoms with Gasteiger partial charge in [0.15, 0.2) is 0 Å². The number of sulfonamides is 1. The molecule has 34 heavy (non-hydrogen) atoms. The molecule has 6 heteroatoms. The van der Waals surface area contributed by atoms with Crippen molar-refractivity contribution in [2.24, 2.45) is 5.92 Å². The van der Waals surface area contributed by atoms with Crippen molar-refractivity contribution in [3.63, 3.8) is 0 Å². The molecule has 1 fully saturated rings. The Morgan fingerprint density at radius 1 is 0.941 bits per heavy atom. The molecule has 1 aliphatic carbocycles. The van der Waals surface area contributed by atoms with E-state index in [-0.39, 0.29) is 17.9 Å². The topological polar surface area (TPSA) is 57.7 Å². The fourth-order valence-electron chi connectivity index (χ4n) is 4.75. The predicted molar refractivity (Wildman–Crippen MR) is 134 cm³/mol. The Hall–Kier alpha value is -2.96. The Labute approximate surface area is 202 Å². The van der Waals surface area contributed by atoms with Crippen molar-refractivity contribution >= 4 is 21.6 Å². The third-order valence-corrected chi connectivity index (χ3v) is 8.60. The fourth-order valence-corrected chi connectivity index (χ4v) is 6.23. The van der Waals surface area contributed by atoms with Gasteiger partial charge in [0.05, 0.1) is 4.90 Å². The van der Waals surface area contributed by atoms with Crippen molar-refractivity contribution in [1.29, 1.82) is 0 Å². The van der Waals surface area contributed by atoms with Crippen LogP contribution in [0.4, 0.5) is 5.69 Å². The second-order valence-electron chi connectivity index (χ2n) is 9.39. The fraction of sp³-hybridized carbons (Fsp3) is 0.321. The van der Waals surface area contributed by atoms with Crippen molar-refractivity contribution < 1.29 is 13.2 Å². The molecule has 0 spiro atoms. The number of anilines is 1. The quantitative estimate of drug-likeness (QED) is 0.471. The summed E-state index contributed by atoms with van der Waals surface area (Å²) in [5.41, 5.74) is 3.86. The number of fused-ring (bicyclic) bond motifs is 1. The highest BCUT2D eigenvalue weighted by Gasteiger charge is 2.40. The maximum absolute atomic E-state index is 13.8. The third kappa shape index (κ3) is 4.65. The number of rotatable bonds is 8. The summed E-state index contributed by atoms with van der Waals surface area (Å²) in [7, 11) is -3.72. The number of benzene rings is 3. The Bertz CT molecular complexity index is 1270. The first-order valence-corrected chi connectivity index (χ1v) is 13.4. The molecular weight excluding hydrogens is 444 g/mol. The largest absolute Gasteiger partial charge is 0.309 e. The van der Waals surface area contributed by atoms with Gasteiger partial charge in [0.2, 0.25) is 15.9 Å². The number of amides is 1. The minimum Gasteiger partial charge on any atom is -0.309 e. The van der Waals surface area contributed by atoms with Crippen molar-refractivity contribution in [2.45, 2.75) is 50.1 Å². The smallest absolute Gasteiger partial charge is 0.243 e. The van der Waals surface area contributed by atoms with E-state index in [0.717, 1.165) is 35.2 Å². The number of hydrogen-bond donors (Lipinski definition) is 0. The lowest BCUT2D eigenvalue weighted by Gasteiger charge is -2.24. The lowest BCUT2D eigenvalue weighted by atomic mass is 10.1. The molecule has 1 heterocycles. The molecule has 3 aromatic carbocycles. The van der Waals surface area contributed by atoms with Crippen LogP contribution in [0.3, 0.4) is 0 Å². The van der Waals surface area contributed by atoms with Crippen LogP contribution in [-0.4, -0.2) is 31.2 Å². The van der Waals surface area contributed by atoms with Gasteiger partial charge in [0, 0.05) is 30.7 Å². The molecule has 5 rings (SSSR count). The van der Waals surface area contributed by atoms with Crippen LogP contribution in [-0.2, 0) is 34.2 Å². The molecule has 0 unspecified atom stereocenters. The molecule has 0 radical (unpaired) electrons. The van der Waals surface area contributed by atoms with Crippen molar-refractivity contribution in [2.75, 3.05) is 11.4 Å². The van der Waals surface area contributed by atoms with E-state index in [1.165, 1.54) is 0 Å². The molecule has 0 N–H and O–H groups in total. The Morgan fingerprint density at radius 2 is 1.59 bits per heavy atom. The van der Waals surface area contributed by atoms with Crippen LogP contribution in [0.2, 0.25) is 0 Å². The maximum atomic E-state index is 13.8. The van der Waals surface area contributed by atoms with E-state index in [0.29, 0.717) is 30.8 Å². The van der Waals surface area contributed by atoms with Crippen LogP contribution in [0.15, 0.2) is 83.8 Å². The van der Waals surface area contributed by atoms with Gasteiger partial charge in [-0.2, -0.15) is 4.31 Å². The molecule has 0 bridgehead atoms. The maximum Gasteiger partial charge on any atom is 0.243 e. The summed E-state index contributed by atoms with van der Waals surface area (Å²) in [6, 6.07) is 25.0. The molecule has 1 amide bonds. The highest BCUT2D eigenvalue weighted by Crippen LogP contribution is 2.39. The summed E-state index contributed by atoms with van der Waals surface area (Å²) in [4.78, 5) is 15.0. The summed E-state index contributed by atoms with van der Waals surface area (Å²) in [6.45, 7) is 2.74. The normalized spacial score (nSPS) is 17.7. The zero-order valence-corrected chi connectivity index (χ0v) is 20.2. The highest BCUT2D eigenvalue weighted by molar-refractivity contribution is 7.89. The monoisotopic (exact) mass is 474 g/mol. The molecule has 1 saturated carbocycles. The van der Waals surface area contributed by atoms with Gasteiger partial charge in [-0.1, -0.05) is 60.7 Å². The summed E-state index contributed by atoms with van der Waals surface area (Å²) >= 11 is 0. The van der Waals surface area contributed by atoms with E-state index in [1.807, 2.05) is 78.6 Å². The van der Waals surface area contributed by atoms with Gasteiger partial charge in [-0.3, -0.25) is 4.79 Å². The van der Waals surface area contributed by atoms with Crippen LogP contribution in [0.1, 0.15) is 36.5 Å². The first-order valence-electron chi connectivity index (χ1n) is 12.0. The second-order valence-corrected chi connectivity index (χ2v) is 11.3. The van der Waals surface area contributed by atoms with Gasteiger partial charge in [-0.05, 0) is 67.5 Å². The molecule has 5 nitrogen and oxygen atoms in total. The highest BCUT2D eigenvalue weighted by atomic mass is 32.2. The zero-order valence-electron chi connectivity index (χ0n) is 19.4. The van der Waals surface area contributed by atoms with Gasteiger partial charge in [-0.15, -0.1) is 0 Å². The van der Waals surface area contributed by atoms with Crippen LogP contribution in [0.5, 0.6) is 0 Å². The Kier molecular flexibility index (Phi) is 6.28. The molecule has 0 aromatic heterocycles. The SMILES string of the molecule is C[C@H]1Cc2cc(S(=O)(=O)N(CCc3ccccc3)Cc3ccccc3)ccc2N1C(=O)C1CC1. The molecule has 1 atom stereocenters. The number of carbonyl (C=O) groups excluding carboxylic acids is 1. The number of hydrogen-bond acceptors (Lipinski definition) is 3. The van der Waals surface area contributed by atoms with E-state index in [2.05, 4.69) is 0 Å². The van der Waals surface area contributed by atoms with Crippen LogP contribution >= 0.6 is 0 Å². The van der Waals surface area contributed by atoms with Gasteiger partial charge in [0.1, 0.15) is 0 Å². The average Bonchev–Trinajstić information content (AvgIpc) is 3.64. The van der Waals surface area contributed by atoms with Crippen molar-refractivity contribution in [3.05, 3.63) is 95.6 Å². The third-order valence-electron chi connectivity index (χ3n) is 6.76. The first kappa shape index (κ1) is 22.8. The average molecular weight is 475 g/mol. The van der Waals surface area contributed by atoms with Gasteiger partial charge in [-0.25, -0.2) is 8.42 Å². The lowest BCUT2D eigenvalue weighted by Crippen LogP contribution is -2.36. The minimum absolute atomic E-state index is 0.0551. The van der Waals surface area contributed by atoms with Crippen molar-refractivity contribution in [3.8, 4) is 0 Å². The standard InChI is InChI=1S/C28H30N2O3S/c1-21-18-25-19-26(14-15-27(25)30(21)28(31)24-12-13-24)34(32,33)29(20-23-10-6-3-7-11-23)17-16-22-8-4-2-5-9-22/h2-11,14-15,19,21,24H,12-13,16-18,20H2,1H3/t21-/m0/s1. The van der Waals surface area contributed by atoms with E-state index < -0.39 is 10.0 Å². The first-order chi connectivity index (χ1) is 16.4. The molecule has 2 aliphatic rings. The predicted octanol–water partition coefficient (Wildman–Crippen LogP) is 4.81. The van der Waals surface area contributed by atoms with E-state index >= 15 is 0 Å². The Morgan fingerprint density at radius 3 is 2.24 bits per heavy atom. The minimum atomic E-state index is -3.72. The van der Waals surface area contributed by atoms with E-state index in [9.17, 15) is 13.2 Å². The van der Waals surface area contributed by atoms with Crippen LogP contribution in [0, 0.1) is 5.92 Å². The zero-order chi connectivity index (χ0) is 23.7. The van der Waals surface area contributed by atoms with E-state index in [4.69, 9.17) is 0 Å². The number of nitrogens with zero attached hydrogens (tertiary/aromatic N) is 2. The molecule has 3 aromatic rings. The lowest BCUT2D eigenvalue weighted by molar-refractivity contribution is -0.120. The number of carbonyl (C=O) groups is 1. The van der Waals surface area contributed by atoms with Crippen LogP contribution in [0.25, 0.3) is 0 Å². The summed E-state index contributed by atoms with van der Waals surface area (Å²) in [5, 5.41) is 0. The summed E-state index contributed by atoms with van der Waals surface area (Å²) in [5.74, 6) is 0.312. The molecular formula is C28H30N2O3S. The van der Waals surface area contributed by atoms with Crippen molar-refractivity contribution in [1.82, 2.24) is 4.31 Å². The van der Waals surface area contributed by atoms with E-state index in [1.54, 1.807) is 16.4 Å². The molecule has 1 aliphatic heterocycles. The van der Waals surface area contributed by atoms with Gasteiger partial charge in [0.25, 0.3) is 0 Å². The molecule has 0 saturated heterocycles. The van der Waals surface area contributed by atoms with Gasteiger partial charge < -0.3 is 4.90 Å². The Balaban J connectivity index is 1.43. The second kappa shape index (κ2) is 9.35. The summed E-state index contributed by atoms with van der Waals surface area (Å²) in [6.07, 6.45) is 3.23. The molecule has 176 valence electrons. The van der Waals surface area contributed by atoms with Gasteiger partial charge >= 0.3 is 0 Å².